The van der Waals surface area contributed by atoms with Gasteiger partial charge < -0.3 is 14.2 Å². The quantitative estimate of drug-likeness (QED) is 0.496. The fraction of sp³-hybridized carbons (Fsp3) is 0.0455. The molecule has 0 heterocycles. The van der Waals surface area contributed by atoms with Gasteiger partial charge in [-0.25, -0.2) is 9.59 Å². The Hall–Kier alpha value is -4.11. The van der Waals surface area contributed by atoms with Crippen LogP contribution in [0.1, 0.15) is 26.3 Å². The molecular weight excluding hydrogens is 358 g/mol. The predicted molar refractivity (Wildman–Crippen MR) is 101 cm³/mol. The van der Waals surface area contributed by atoms with E-state index in [1.165, 1.54) is 24.3 Å². The molecule has 0 N–H and O–H groups in total. The first kappa shape index (κ1) is 18.7. The van der Waals surface area contributed by atoms with Crippen LogP contribution in [0.15, 0.2) is 72.8 Å². The van der Waals surface area contributed by atoms with Gasteiger partial charge in [0.2, 0.25) is 0 Å². The van der Waals surface area contributed by atoms with Crippen molar-refractivity contribution >= 4 is 11.9 Å². The topological polar surface area (TPSA) is 85.6 Å². The number of esters is 2. The third kappa shape index (κ3) is 4.54. The monoisotopic (exact) mass is 373 g/mol. The van der Waals surface area contributed by atoms with Gasteiger partial charge in [0.1, 0.15) is 17.2 Å². The summed E-state index contributed by atoms with van der Waals surface area (Å²) in [6, 6.07) is 20.8. The predicted octanol–water partition coefficient (Wildman–Crippen LogP) is 4.01. The molecule has 3 aromatic carbocycles. The van der Waals surface area contributed by atoms with E-state index in [4.69, 9.17) is 19.5 Å². The van der Waals surface area contributed by atoms with E-state index < -0.39 is 11.9 Å². The van der Waals surface area contributed by atoms with Crippen LogP contribution in [-0.2, 0) is 0 Å². The lowest BCUT2D eigenvalue weighted by Gasteiger charge is -2.07. The smallest absolute Gasteiger partial charge is 0.343 e. The van der Waals surface area contributed by atoms with Gasteiger partial charge in [0.15, 0.2) is 0 Å². The Morgan fingerprint density at radius 2 is 1.07 bits per heavy atom. The van der Waals surface area contributed by atoms with E-state index in [2.05, 4.69) is 0 Å². The van der Waals surface area contributed by atoms with Crippen LogP contribution in [0.3, 0.4) is 0 Å². The summed E-state index contributed by atoms with van der Waals surface area (Å²) < 4.78 is 15.6. The van der Waals surface area contributed by atoms with Crippen LogP contribution in [0.4, 0.5) is 0 Å². The third-order valence-electron chi connectivity index (χ3n) is 3.82. The minimum absolute atomic E-state index is 0.300. The summed E-state index contributed by atoms with van der Waals surface area (Å²) in [5.41, 5.74) is 1.15. The molecule has 0 saturated heterocycles. The van der Waals surface area contributed by atoms with Gasteiger partial charge in [-0.3, -0.25) is 0 Å². The zero-order valence-electron chi connectivity index (χ0n) is 14.9. The number of carbonyl (C=O) groups is 2. The largest absolute Gasteiger partial charge is 0.497 e. The summed E-state index contributed by atoms with van der Waals surface area (Å²) in [6.45, 7) is 0. The highest BCUT2D eigenvalue weighted by molar-refractivity contribution is 5.92. The van der Waals surface area contributed by atoms with Gasteiger partial charge in [0.25, 0.3) is 0 Å². The minimum Gasteiger partial charge on any atom is -0.497 e. The van der Waals surface area contributed by atoms with Crippen LogP contribution < -0.4 is 14.2 Å². The molecule has 0 aromatic heterocycles. The van der Waals surface area contributed by atoms with Crippen LogP contribution in [-0.4, -0.2) is 19.0 Å². The van der Waals surface area contributed by atoms with Gasteiger partial charge in [-0.1, -0.05) is 0 Å². The van der Waals surface area contributed by atoms with Crippen LogP contribution >= 0.6 is 0 Å². The highest BCUT2D eigenvalue weighted by Crippen LogP contribution is 2.18. The second-order valence-corrected chi connectivity index (χ2v) is 5.67. The zero-order valence-corrected chi connectivity index (χ0v) is 14.9. The van der Waals surface area contributed by atoms with E-state index in [1.54, 1.807) is 55.6 Å². The SMILES string of the molecule is COc1ccc(C(=O)Oc2ccc(C(=O)Oc3ccc(C#N)cc3)cc2)cc1. The molecule has 0 radical (unpaired) electrons. The number of hydrogen-bond donors (Lipinski definition) is 0. The van der Waals surface area contributed by atoms with Gasteiger partial charge in [-0.05, 0) is 72.8 Å². The van der Waals surface area contributed by atoms with Crippen LogP contribution in [0.25, 0.3) is 0 Å². The van der Waals surface area contributed by atoms with Crippen molar-refractivity contribution in [3.63, 3.8) is 0 Å². The van der Waals surface area contributed by atoms with Crippen molar-refractivity contribution in [1.29, 1.82) is 5.26 Å². The second-order valence-electron chi connectivity index (χ2n) is 5.67. The molecule has 0 spiro atoms. The molecule has 3 rings (SSSR count). The Morgan fingerprint density at radius 3 is 1.46 bits per heavy atom. The lowest BCUT2D eigenvalue weighted by molar-refractivity contribution is 0.0730. The third-order valence-corrected chi connectivity index (χ3v) is 3.82. The highest BCUT2D eigenvalue weighted by atomic mass is 16.5. The number of nitriles is 1. The first-order chi connectivity index (χ1) is 13.6. The summed E-state index contributed by atoms with van der Waals surface area (Å²) in [5.74, 6) is 0.199. The maximum atomic E-state index is 12.2. The molecule has 0 aliphatic rings. The van der Waals surface area contributed by atoms with Crippen molar-refractivity contribution in [3.05, 3.63) is 89.5 Å². The molecule has 0 amide bonds. The molecule has 3 aromatic rings. The van der Waals surface area contributed by atoms with Gasteiger partial charge in [0, 0.05) is 0 Å². The molecule has 28 heavy (non-hydrogen) atoms. The molecule has 0 unspecified atom stereocenters. The molecule has 0 saturated carbocycles. The Labute approximate surface area is 161 Å². The molecule has 0 aliphatic carbocycles. The summed E-state index contributed by atoms with van der Waals surface area (Å²) in [5, 5.41) is 8.77. The molecule has 0 aliphatic heterocycles. The van der Waals surface area contributed by atoms with Crippen molar-refractivity contribution in [1.82, 2.24) is 0 Å². The Kier molecular flexibility index (Phi) is 5.68. The average Bonchev–Trinajstić information content (AvgIpc) is 2.74. The first-order valence-corrected chi connectivity index (χ1v) is 8.27. The van der Waals surface area contributed by atoms with E-state index in [1.807, 2.05) is 6.07 Å². The highest BCUT2D eigenvalue weighted by Gasteiger charge is 2.12. The Balaban J connectivity index is 1.62. The standard InChI is InChI=1S/C22H15NO5/c1-26-18-10-4-16(5-11-18)21(24)28-20-12-6-17(7-13-20)22(25)27-19-8-2-15(14-23)3-9-19/h2-13H,1H3. The molecule has 6 heteroatoms. The lowest BCUT2D eigenvalue weighted by atomic mass is 10.2. The van der Waals surface area contributed by atoms with Crippen molar-refractivity contribution in [3.8, 4) is 23.3 Å². The van der Waals surface area contributed by atoms with E-state index >= 15 is 0 Å². The minimum atomic E-state index is -0.558. The van der Waals surface area contributed by atoms with Gasteiger partial charge in [-0.15, -0.1) is 0 Å². The second kappa shape index (κ2) is 8.52. The van der Waals surface area contributed by atoms with E-state index in [-0.39, 0.29) is 0 Å². The normalized spacial score (nSPS) is 9.86. The fourth-order valence-electron chi connectivity index (χ4n) is 2.32. The zero-order chi connectivity index (χ0) is 19.9. The van der Waals surface area contributed by atoms with E-state index in [9.17, 15) is 9.59 Å². The number of ether oxygens (including phenoxy) is 3. The number of benzene rings is 3. The molecule has 0 bridgehead atoms. The lowest BCUT2D eigenvalue weighted by Crippen LogP contribution is -2.10. The van der Waals surface area contributed by atoms with Crippen LogP contribution in [0, 0.1) is 11.3 Å². The maximum absolute atomic E-state index is 12.2. The van der Waals surface area contributed by atoms with Gasteiger partial charge >= 0.3 is 11.9 Å². The Morgan fingerprint density at radius 1 is 0.679 bits per heavy atom. The summed E-state index contributed by atoms with van der Waals surface area (Å²) >= 11 is 0. The molecular formula is C22H15NO5. The van der Waals surface area contributed by atoms with Crippen LogP contribution in [0.5, 0.6) is 17.2 Å². The van der Waals surface area contributed by atoms with Crippen molar-refractivity contribution in [2.75, 3.05) is 7.11 Å². The molecule has 0 fully saturated rings. The van der Waals surface area contributed by atoms with Crippen LogP contribution in [0.2, 0.25) is 0 Å². The molecule has 6 nitrogen and oxygen atoms in total. The number of rotatable bonds is 5. The maximum Gasteiger partial charge on any atom is 0.343 e. The summed E-state index contributed by atoms with van der Waals surface area (Å²) in [7, 11) is 1.54. The first-order valence-electron chi connectivity index (χ1n) is 8.27. The fourth-order valence-corrected chi connectivity index (χ4v) is 2.32. The van der Waals surface area contributed by atoms with E-state index in [0.717, 1.165) is 0 Å². The van der Waals surface area contributed by atoms with Crippen molar-refractivity contribution in [2.24, 2.45) is 0 Å². The average molecular weight is 373 g/mol. The molecule has 138 valence electrons. The number of carbonyl (C=O) groups excluding carboxylic acids is 2. The van der Waals surface area contributed by atoms with Crippen molar-refractivity contribution < 1.29 is 23.8 Å². The van der Waals surface area contributed by atoms with Gasteiger partial charge in [-0.2, -0.15) is 5.26 Å². The molecule has 0 atom stereocenters. The summed E-state index contributed by atoms with van der Waals surface area (Å²) in [6.07, 6.45) is 0. The van der Waals surface area contributed by atoms with Gasteiger partial charge in [0.05, 0.1) is 29.9 Å². The van der Waals surface area contributed by atoms with E-state index in [0.29, 0.717) is 33.9 Å². The Bertz CT molecular complexity index is 1020. The number of methoxy groups -OCH3 is 1. The number of nitrogens with zero attached hydrogens (tertiary/aromatic N) is 1. The van der Waals surface area contributed by atoms with Crippen molar-refractivity contribution in [2.45, 2.75) is 0 Å². The number of hydrogen-bond acceptors (Lipinski definition) is 6. The summed E-state index contributed by atoms with van der Waals surface area (Å²) in [4.78, 5) is 24.3.